The van der Waals surface area contributed by atoms with E-state index in [0.29, 0.717) is 12.4 Å². The summed E-state index contributed by atoms with van der Waals surface area (Å²) in [6, 6.07) is 2.58. The first-order valence-corrected chi connectivity index (χ1v) is 7.09. The molecule has 1 aromatic heterocycles. The fraction of sp³-hybridized carbons (Fsp3) is 0.615. The summed E-state index contributed by atoms with van der Waals surface area (Å²) in [5.74, 6) is 0.377. The van der Waals surface area contributed by atoms with Crippen LogP contribution in [0, 0.1) is 15.5 Å². The van der Waals surface area contributed by atoms with Gasteiger partial charge in [-0.3, -0.25) is 10.1 Å². The lowest BCUT2D eigenvalue weighted by molar-refractivity contribution is -0.384. The van der Waals surface area contributed by atoms with Crippen molar-refractivity contribution in [2.45, 2.75) is 32.1 Å². The van der Waals surface area contributed by atoms with Gasteiger partial charge in [-0.2, -0.15) is 0 Å². The molecular formula is C13H18ClN3O3. The molecule has 0 saturated heterocycles. The number of halogens is 1. The third-order valence-corrected chi connectivity index (χ3v) is 4.08. The monoisotopic (exact) mass is 299 g/mol. The van der Waals surface area contributed by atoms with Crippen LogP contribution in [-0.4, -0.2) is 28.2 Å². The van der Waals surface area contributed by atoms with Crippen LogP contribution in [-0.2, 0) is 0 Å². The lowest BCUT2D eigenvalue weighted by Gasteiger charge is -2.35. The number of aromatic nitrogens is 1. The summed E-state index contributed by atoms with van der Waals surface area (Å²) in [6.45, 7) is 0.663. The van der Waals surface area contributed by atoms with Gasteiger partial charge in [-0.05, 0) is 12.8 Å². The first-order chi connectivity index (χ1) is 9.54. The summed E-state index contributed by atoms with van der Waals surface area (Å²) in [4.78, 5) is 14.3. The molecule has 0 unspecified atom stereocenters. The van der Waals surface area contributed by atoms with Crippen LogP contribution >= 0.6 is 11.6 Å². The fourth-order valence-corrected chi connectivity index (χ4v) is 2.85. The number of anilines is 1. The number of nitrogens with zero attached hydrogens (tertiary/aromatic N) is 2. The van der Waals surface area contributed by atoms with Crippen molar-refractivity contribution < 1.29 is 10.0 Å². The van der Waals surface area contributed by atoms with Crippen molar-refractivity contribution in [1.29, 1.82) is 0 Å². The largest absolute Gasteiger partial charge is 0.396 e. The van der Waals surface area contributed by atoms with E-state index in [1.807, 2.05) is 0 Å². The van der Waals surface area contributed by atoms with Crippen LogP contribution in [0.4, 0.5) is 11.5 Å². The molecule has 0 bridgehead atoms. The van der Waals surface area contributed by atoms with E-state index in [9.17, 15) is 15.2 Å². The van der Waals surface area contributed by atoms with Crippen molar-refractivity contribution in [2.75, 3.05) is 18.5 Å². The van der Waals surface area contributed by atoms with Gasteiger partial charge in [0.05, 0.1) is 23.7 Å². The standard InChI is InChI=1S/C13H18ClN3O3/c14-11-6-10(17(19)20)7-12(16-11)15-8-13(9-18)4-2-1-3-5-13/h6-7,18H,1-5,8-9H2,(H,15,16). The molecule has 2 rings (SSSR count). The first-order valence-electron chi connectivity index (χ1n) is 6.71. The number of aliphatic hydroxyl groups excluding tert-OH is 1. The Bertz CT molecular complexity index is 490. The van der Waals surface area contributed by atoms with Gasteiger partial charge in [0.15, 0.2) is 0 Å². The van der Waals surface area contributed by atoms with Crippen molar-refractivity contribution in [3.8, 4) is 0 Å². The maximum Gasteiger partial charge on any atom is 0.276 e. The van der Waals surface area contributed by atoms with Crippen molar-refractivity contribution >= 4 is 23.1 Å². The highest BCUT2D eigenvalue weighted by molar-refractivity contribution is 6.29. The molecule has 1 heterocycles. The number of hydrogen-bond donors (Lipinski definition) is 2. The van der Waals surface area contributed by atoms with E-state index in [0.717, 1.165) is 25.7 Å². The molecule has 1 fully saturated rings. The first kappa shape index (κ1) is 15.0. The average Bonchev–Trinajstić information content (AvgIpc) is 2.45. The molecule has 2 N–H and O–H groups in total. The Balaban J connectivity index is 2.07. The second-order valence-corrected chi connectivity index (χ2v) is 5.75. The van der Waals surface area contributed by atoms with Gasteiger partial charge in [-0.15, -0.1) is 0 Å². The summed E-state index contributed by atoms with van der Waals surface area (Å²) < 4.78 is 0. The van der Waals surface area contributed by atoms with Crippen LogP contribution in [0.2, 0.25) is 5.15 Å². The topological polar surface area (TPSA) is 88.3 Å². The fourth-order valence-electron chi connectivity index (χ4n) is 2.65. The highest BCUT2D eigenvalue weighted by Crippen LogP contribution is 2.36. The molecule has 0 aromatic carbocycles. The Morgan fingerprint density at radius 3 is 2.70 bits per heavy atom. The molecule has 7 heteroatoms. The quantitative estimate of drug-likeness (QED) is 0.496. The van der Waals surface area contributed by atoms with E-state index in [1.54, 1.807) is 0 Å². The van der Waals surface area contributed by atoms with Gasteiger partial charge < -0.3 is 10.4 Å². The third kappa shape index (κ3) is 3.58. The van der Waals surface area contributed by atoms with E-state index in [-0.39, 0.29) is 22.9 Å². The average molecular weight is 300 g/mol. The number of pyridine rings is 1. The van der Waals surface area contributed by atoms with Crippen LogP contribution in [0.5, 0.6) is 0 Å². The van der Waals surface area contributed by atoms with Crippen molar-refractivity contribution in [3.63, 3.8) is 0 Å². The van der Waals surface area contributed by atoms with Crippen molar-refractivity contribution in [3.05, 3.63) is 27.4 Å². The Morgan fingerprint density at radius 1 is 1.40 bits per heavy atom. The summed E-state index contributed by atoms with van der Waals surface area (Å²) in [5.41, 5.74) is -0.244. The Morgan fingerprint density at radius 2 is 2.10 bits per heavy atom. The van der Waals surface area contributed by atoms with Gasteiger partial charge in [0, 0.05) is 12.0 Å². The van der Waals surface area contributed by atoms with Gasteiger partial charge in [0.1, 0.15) is 11.0 Å². The van der Waals surface area contributed by atoms with Crippen LogP contribution in [0.1, 0.15) is 32.1 Å². The lowest BCUT2D eigenvalue weighted by Crippen LogP contribution is -2.35. The molecule has 1 aromatic rings. The summed E-state index contributed by atoms with van der Waals surface area (Å²) >= 11 is 5.78. The third-order valence-electron chi connectivity index (χ3n) is 3.88. The van der Waals surface area contributed by atoms with E-state index in [1.165, 1.54) is 18.6 Å². The lowest BCUT2D eigenvalue weighted by atomic mass is 9.74. The Hall–Kier alpha value is -1.40. The normalized spacial score (nSPS) is 17.7. The Kier molecular flexibility index (Phi) is 4.77. The van der Waals surface area contributed by atoms with Crippen LogP contribution < -0.4 is 5.32 Å². The summed E-state index contributed by atoms with van der Waals surface area (Å²) in [5, 5.41) is 23.6. The number of aliphatic hydroxyl groups is 1. The second kappa shape index (κ2) is 6.37. The molecular weight excluding hydrogens is 282 g/mol. The van der Waals surface area contributed by atoms with Crippen LogP contribution in [0.15, 0.2) is 12.1 Å². The molecule has 0 radical (unpaired) electrons. The van der Waals surface area contributed by atoms with Gasteiger partial charge in [0.25, 0.3) is 5.69 Å². The number of nitrogens with one attached hydrogen (secondary N) is 1. The van der Waals surface area contributed by atoms with E-state index in [2.05, 4.69) is 10.3 Å². The van der Waals surface area contributed by atoms with Crippen molar-refractivity contribution in [1.82, 2.24) is 4.98 Å². The zero-order chi connectivity index (χ0) is 14.6. The molecule has 0 aliphatic heterocycles. The van der Waals surface area contributed by atoms with Gasteiger partial charge in [-0.1, -0.05) is 30.9 Å². The van der Waals surface area contributed by atoms with E-state index in [4.69, 9.17) is 11.6 Å². The maximum absolute atomic E-state index is 10.8. The van der Waals surface area contributed by atoms with Crippen LogP contribution in [0.3, 0.4) is 0 Å². The second-order valence-electron chi connectivity index (χ2n) is 5.36. The molecule has 1 aliphatic rings. The minimum absolute atomic E-state index is 0.0865. The molecule has 6 nitrogen and oxygen atoms in total. The zero-order valence-corrected chi connectivity index (χ0v) is 11.9. The Labute approximate surface area is 122 Å². The smallest absolute Gasteiger partial charge is 0.276 e. The minimum Gasteiger partial charge on any atom is -0.396 e. The summed E-state index contributed by atoms with van der Waals surface area (Å²) in [7, 11) is 0. The number of nitro groups is 1. The SMILES string of the molecule is O=[N+]([O-])c1cc(Cl)nc(NCC2(CO)CCCCC2)c1. The molecule has 0 spiro atoms. The molecule has 1 saturated carbocycles. The molecule has 0 atom stereocenters. The highest BCUT2D eigenvalue weighted by Gasteiger charge is 2.31. The van der Waals surface area contributed by atoms with Crippen molar-refractivity contribution in [2.24, 2.45) is 5.41 Å². The predicted molar refractivity (Wildman–Crippen MR) is 77.0 cm³/mol. The maximum atomic E-state index is 10.8. The van der Waals surface area contributed by atoms with Gasteiger partial charge in [0.2, 0.25) is 0 Å². The summed E-state index contributed by atoms with van der Waals surface area (Å²) in [6.07, 6.45) is 5.32. The van der Waals surface area contributed by atoms with E-state index >= 15 is 0 Å². The number of hydrogen-bond acceptors (Lipinski definition) is 5. The van der Waals surface area contributed by atoms with Crippen LogP contribution in [0.25, 0.3) is 0 Å². The van der Waals surface area contributed by atoms with Gasteiger partial charge in [-0.25, -0.2) is 4.98 Å². The number of rotatable bonds is 5. The van der Waals surface area contributed by atoms with Gasteiger partial charge >= 0.3 is 0 Å². The molecule has 0 amide bonds. The molecule has 1 aliphatic carbocycles. The highest BCUT2D eigenvalue weighted by atomic mass is 35.5. The molecule has 20 heavy (non-hydrogen) atoms. The molecule has 110 valence electrons. The zero-order valence-electron chi connectivity index (χ0n) is 11.1. The van der Waals surface area contributed by atoms with E-state index < -0.39 is 4.92 Å². The minimum atomic E-state index is -0.499. The predicted octanol–water partition coefficient (Wildman–Crippen LogP) is 3.00.